The van der Waals surface area contributed by atoms with E-state index in [1.807, 2.05) is 7.05 Å². The molecule has 36 heavy (non-hydrogen) atoms. The highest BCUT2D eigenvalue weighted by molar-refractivity contribution is 6.20. The lowest BCUT2D eigenvalue weighted by Crippen LogP contribution is -2.62. The number of hydrazine groups is 1. The van der Waals surface area contributed by atoms with Crippen molar-refractivity contribution >= 4 is 17.5 Å². The maximum atomic E-state index is 14.0. The molecule has 4 aliphatic rings. The lowest BCUT2D eigenvalue weighted by molar-refractivity contribution is -0.139. The number of piperidine rings is 1. The van der Waals surface area contributed by atoms with Gasteiger partial charge in [0.1, 0.15) is 0 Å². The van der Waals surface area contributed by atoms with Crippen LogP contribution in [0.15, 0.2) is 0 Å². The van der Waals surface area contributed by atoms with Gasteiger partial charge in [0.15, 0.2) is 0 Å². The molecule has 7 nitrogen and oxygen atoms in total. The molecule has 4 fully saturated rings. The van der Waals surface area contributed by atoms with Gasteiger partial charge in [0.05, 0.1) is 6.17 Å². The van der Waals surface area contributed by atoms with Gasteiger partial charge in [-0.3, -0.25) is 15.5 Å². The maximum absolute atomic E-state index is 14.0. The zero-order valence-corrected chi connectivity index (χ0v) is 24.1. The molecule has 8 heteroatoms. The molecule has 2 saturated carbocycles. The Hall–Kier alpha value is -0.440. The van der Waals surface area contributed by atoms with E-state index < -0.39 is 0 Å². The number of rotatable bonds is 9. The van der Waals surface area contributed by atoms with Crippen LogP contribution in [-0.4, -0.2) is 91.2 Å². The van der Waals surface area contributed by atoms with E-state index in [2.05, 4.69) is 46.4 Å². The molecule has 1 amide bonds. The summed E-state index contributed by atoms with van der Waals surface area (Å²) in [5.41, 5.74) is 9.44. The van der Waals surface area contributed by atoms with Gasteiger partial charge in [-0.2, -0.15) is 0 Å². The number of hydrogen-bond donors (Lipinski definition) is 3. The molecule has 4 N–H and O–H groups in total. The largest absolute Gasteiger partial charge is 0.345 e. The first-order chi connectivity index (χ1) is 17.3. The van der Waals surface area contributed by atoms with Crippen LogP contribution >= 0.6 is 11.6 Å². The van der Waals surface area contributed by atoms with Crippen LogP contribution < -0.4 is 16.5 Å². The Kier molecular flexibility index (Phi) is 10.4. The van der Waals surface area contributed by atoms with Crippen LogP contribution in [0.5, 0.6) is 0 Å². The number of hydrogen-bond acceptors (Lipinski definition) is 6. The maximum Gasteiger partial charge on any atom is 0.225 e. The molecule has 8 atom stereocenters. The smallest absolute Gasteiger partial charge is 0.225 e. The van der Waals surface area contributed by atoms with E-state index in [0.717, 1.165) is 57.9 Å². The van der Waals surface area contributed by atoms with E-state index in [0.29, 0.717) is 35.7 Å². The molecule has 0 aromatic carbocycles. The van der Waals surface area contributed by atoms with Crippen molar-refractivity contribution < 1.29 is 4.79 Å². The fourth-order valence-electron chi connectivity index (χ4n) is 7.81. The first-order valence-corrected chi connectivity index (χ1v) is 15.3. The number of nitrogens with zero attached hydrogens (tertiary/aromatic N) is 3. The molecule has 2 aliphatic carbocycles. The van der Waals surface area contributed by atoms with Gasteiger partial charge in [0.25, 0.3) is 0 Å². The molecule has 2 aliphatic heterocycles. The number of nitrogens with one attached hydrogen (secondary N) is 2. The summed E-state index contributed by atoms with van der Waals surface area (Å²) in [4.78, 5) is 18.4. The highest BCUT2D eigenvalue weighted by Crippen LogP contribution is 2.40. The minimum atomic E-state index is 0.0816. The normalized spacial score (nSPS) is 37.9. The van der Waals surface area contributed by atoms with Crippen LogP contribution in [0.25, 0.3) is 0 Å². The standard InChI is InChI=1S/C28H53ClN6O/c1-19(2)35-27-25(16-31-35)24(28(36)34(4)18-21-8-6-10-23(29)14-21)15-26(32-27)22-9-5-7-20(13-22)17-33(3)12-11-30/h19-27,31-32H,5-18,30H2,1-4H3. The van der Waals surface area contributed by atoms with Crippen LogP contribution in [0.4, 0.5) is 0 Å². The van der Waals surface area contributed by atoms with Crippen LogP contribution in [0.2, 0.25) is 0 Å². The Morgan fingerprint density at radius 1 is 1.06 bits per heavy atom. The summed E-state index contributed by atoms with van der Waals surface area (Å²) < 4.78 is 0. The summed E-state index contributed by atoms with van der Waals surface area (Å²) in [6, 6.07) is 0.797. The third kappa shape index (κ3) is 6.95. The lowest BCUT2D eigenvalue weighted by Gasteiger charge is -2.47. The monoisotopic (exact) mass is 524 g/mol. The van der Waals surface area contributed by atoms with Crippen LogP contribution in [-0.2, 0) is 4.79 Å². The molecule has 0 spiro atoms. The summed E-state index contributed by atoms with van der Waals surface area (Å²) in [5, 5.41) is 6.73. The number of fused-ring (bicyclic) bond motifs is 1. The molecular weight excluding hydrogens is 472 g/mol. The topological polar surface area (TPSA) is 76.9 Å². The zero-order chi connectivity index (χ0) is 25.8. The average Bonchev–Trinajstić information content (AvgIpc) is 3.28. The quantitative estimate of drug-likeness (QED) is 0.402. The summed E-state index contributed by atoms with van der Waals surface area (Å²) in [6.45, 7) is 9.07. The summed E-state index contributed by atoms with van der Waals surface area (Å²) in [5.74, 6) is 2.67. The third-order valence-corrected chi connectivity index (χ3v) is 9.99. The van der Waals surface area contributed by atoms with E-state index in [1.54, 1.807) is 0 Å². The van der Waals surface area contributed by atoms with E-state index in [-0.39, 0.29) is 17.5 Å². The highest BCUT2D eigenvalue weighted by atomic mass is 35.5. The number of carbonyl (C=O) groups excluding carboxylic acids is 1. The van der Waals surface area contributed by atoms with E-state index in [4.69, 9.17) is 17.3 Å². The summed E-state index contributed by atoms with van der Waals surface area (Å²) in [7, 11) is 4.24. The molecular formula is C28H53ClN6O. The molecule has 8 unspecified atom stereocenters. The fourth-order valence-corrected chi connectivity index (χ4v) is 8.22. The molecule has 0 radical (unpaired) electrons. The highest BCUT2D eigenvalue weighted by Gasteiger charge is 2.50. The fraction of sp³-hybridized carbons (Fsp3) is 0.964. The van der Waals surface area contributed by atoms with Crippen molar-refractivity contribution in [3.63, 3.8) is 0 Å². The Balaban J connectivity index is 1.45. The molecule has 208 valence electrons. The van der Waals surface area contributed by atoms with Crippen molar-refractivity contribution in [2.45, 2.75) is 95.3 Å². The summed E-state index contributed by atoms with van der Waals surface area (Å²) in [6.07, 6.45) is 10.9. The Bertz CT molecular complexity index is 710. The molecule has 0 bridgehead atoms. The van der Waals surface area contributed by atoms with Gasteiger partial charge >= 0.3 is 0 Å². The second kappa shape index (κ2) is 13.1. The Morgan fingerprint density at radius 3 is 2.47 bits per heavy atom. The molecule has 4 rings (SSSR count). The second-order valence-corrected chi connectivity index (χ2v) is 13.4. The lowest BCUT2D eigenvalue weighted by atomic mass is 9.71. The predicted molar refractivity (Wildman–Crippen MR) is 149 cm³/mol. The first-order valence-electron chi connectivity index (χ1n) is 14.8. The van der Waals surface area contributed by atoms with Crippen LogP contribution in [0, 0.1) is 29.6 Å². The average molecular weight is 525 g/mol. The van der Waals surface area contributed by atoms with Crippen molar-refractivity contribution in [3.05, 3.63) is 0 Å². The zero-order valence-electron chi connectivity index (χ0n) is 23.3. The Labute approximate surface area is 225 Å². The van der Waals surface area contributed by atoms with E-state index in [9.17, 15) is 4.79 Å². The minimum Gasteiger partial charge on any atom is -0.345 e. The number of halogens is 1. The van der Waals surface area contributed by atoms with Crippen molar-refractivity contribution in [1.82, 2.24) is 25.6 Å². The van der Waals surface area contributed by atoms with Crippen molar-refractivity contribution in [3.8, 4) is 0 Å². The van der Waals surface area contributed by atoms with Crippen LogP contribution in [0.1, 0.15) is 71.6 Å². The SMILES string of the molecule is CC(C)N1NCC2C(C(=O)N(C)CC3CCCC(Cl)C3)CC(C3CCCC(CN(C)CCN)C3)NC21. The molecule has 2 heterocycles. The van der Waals surface area contributed by atoms with Gasteiger partial charge in [0.2, 0.25) is 5.91 Å². The predicted octanol–water partition coefficient (Wildman–Crippen LogP) is 3.09. The minimum absolute atomic E-state index is 0.0816. The van der Waals surface area contributed by atoms with Gasteiger partial charge in [0, 0.05) is 69.1 Å². The van der Waals surface area contributed by atoms with E-state index in [1.165, 1.54) is 38.5 Å². The Morgan fingerprint density at radius 2 is 1.78 bits per heavy atom. The van der Waals surface area contributed by atoms with Crippen molar-refractivity contribution in [1.29, 1.82) is 0 Å². The van der Waals surface area contributed by atoms with Gasteiger partial charge in [-0.1, -0.05) is 12.8 Å². The number of alkyl halides is 1. The van der Waals surface area contributed by atoms with Gasteiger partial charge in [-0.15, -0.1) is 11.6 Å². The number of likely N-dealkylation sites (N-methyl/N-ethyl adjacent to an activating group) is 1. The van der Waals surface area contributed by atoms with Gasteiger partial charge < -0.3 is 15.5 Å². The summed E-state index contributed by atoms with van der Waals surface area (Å²) >= 11 is 6.47. The van der Waals surface area contributed by atoms with E-state index >= 15 is 0 Å². The van der Waals surface area contributed by atoms with Gasteiger partial charge in [-0.25, -0.2) is 5.01 Å². The second-order valence-electron chi connectivity index (χ2n) is 12.8. The third-order valence-electron chi connectivity index (χ3n) is 9.60. The first kappa shape index (κ1) is 28.6. The molecule has 2 saturated heterocycles. The van der Waals surface area contributed by atoms with Crippen molar-refractivity contribution in [2.24, 2.45) is 35.3 Å². The van der Waals surface area contributed by atoms with Crippen molar-refractivity contribution in [2.75, 3.05) is 46.8 Å². The van der Waals surface area contributed by atoms with Crippen LogP contribution in [0.3, 0.4) is 0 Å². The molecule has 0 aromatic heterocycles. The number of amides is 1. The number of nitrogens with two attached hydrogens (primary N) is 1. The number of carbonyl (C=O) groups is 1. The molecule has 0 aromatic rings. The van der Waals surface area contributed by atoms with Gasteiger partial charge in [-0.05, 0) is 83.6 Å².